The van der Waals surface area contributed by atoms with E-state index in [1.165, 1.54) is 67.1 Å². The molecule has 13 aromatic heterocycles. The van der Waals surface area contributed by atoms with Crippen molar-refractivity contribution in [3.05, 3.63) is 391 Å². The van der Waals surface area contributed by atoms with E-state index in [0.717, 1.165) is 172 Å². The molecule has 0 radical (unpaired) electrons. The van der Waals surface area contributed by atoms with Crippen LogP contribution in [0.25, 0.3) is 245 Å². The Hall–Kier alpha value is -14.6. The molecule has 0 unspecified atom stereocenters. The summed E-state index contributed by atoms with van der Waals surface area (Å²) in [5, 5.41) is 17.0. The minimum Gasteiger partial charge on any atom is -0.309 e. The van der Waals surface area contributed by atoms with Crippen LogP contribution in [-0.4, -0.2) is 64.0 Å². The van der Waals surface area contributed by atoms with Gasteiger partial charge in [-0.15, -0.1) is 68.0 Å². The monoisotopic (exact) mass is 1910 g/mol. The van der Waals surface area contributed by atoms with Crippen LogP contribution in [0.15, 0.2) is 370 Å². The first-order valence-corrected chi connectivity index (χ1v) is 49.3. The molecule has 0 aliphatic heterocycles. The van der Waals surface area contributed by atoms with Gasteiger partial charge in [0.25, 0.3) is 0 Å². The summed E-state index contributed by atoms with van der Waals surface area (Å²) in [7, 11) is 0. The van der Waals surface area contributed by atoms with Gasteiger partial charge in [-0.2, -0.15) is 0 Å². The molecule has 0 saturated carbocycles. The van der Waals surface area contributed by atoms with Crippen LogP contribution in [0.2, 0.25) is 21.1 Å². The zero-order valence-corrected chi connectivity index (χ0v) is 77.9. The number of thiophene rings is 5. The van der Waals surface area contributed by atoms with Gasteiger partial charge in [0.1, 0.15) is 24.3 Å². The number of rotatable bonds is 9. The van der Waals surface area contributed by atoms with Gasteiger partial charge < -0.3 is 9.13 Å². The molecule has 634 valence electrons. The molecule has 0 spiro atoms. The van der Waals surface area contributed by atoms with Gasteiger partial charge in [0.2, 0.25) is 21.1 Å². The maximum atomic E-state index is 6.44. The number of hydrogen-bond acceptors (Lipinski definition) is 17. The third-order valence-corrected chi connectivity index (χ3v) is 31.3. The Labute approximate surface area is 807 Å². The van der Waals surface area contributed by atoms with E-state index in [-0.39, 0.29) is 21.1 Å². The molecule has 0 bridgehead atoms. The number of hydrogen-bond donors (Lipinski definition) is 0. The molecule has 0 aliphatic carbocycles. The average molecular weight is 1910 g/mol. The van der Waals surface area contributed by atoms with Crippen LogP contribution < -0.4 is 0 Å². The summed E-state index contributed by atoms with van der Waals surface area (Å²) in [6.07, 6.45) is 0. The summed E-state index contributed by atoms with van der Waals surface area (Å²) < 4.78 is 12.8. The van der Waals surface area contributed by atoms with Gasteiger partial charge in [-0.05, 0) is 150 Å². The lowest BCUT2D eigenvalue weighted by molar-refractivity contribution is 1.18. The molecule has 23 heteroatoms. The zero-order chi connectivity index (χ0) is 89.2. The SMILES string of the molecule is Clc1nc(-c2ccc(-n3c4ccccc4c4ccccc43)cc2)c2c(n1)sc1ccccc12.Clc1nc(-c2cccc(-c3nc(-c4ccccc4)nc4c3sc3ccccc34)c2)c2c(n1)sc1ccccc12.Clc1nc(-c2cccc(-c3nc4ccccc4s3)c2)c2c(n1)sc1ccccc12.Clc1nc(-c2cccc(-n3c4ccccc4c4ccccc43)c2)c2c(n1)sc1ccccc12. The summed E-state index contributed by atoms with van der Waals surface area (Å²) in [4.78, 5) is 55.3. The topological polar surface area (TPSA) is 152 Å². The highest BCUT2D eigenvalue weighted by molar-refractivity contribution is 7.27. The summed E-state index contributed by atoms with van der Waals surface area (Å²) in [6.45, 7) is 0. The Balaban J connectivity index is 0.0000000960. The summed E-state index contributed by atoms with van der Waals surface area (Å²) in [5.41, 5.74) is 20.4. The Morgan fingerprint density at radius 3 is 0.970 bits per heavy atom. The fraction of sp³-hybridized carbons (Fsp3) is 0. The van der Waals surface area contributed by atoms with E-state index in [9.17, 15) is 0 Å². The molecule has 0 saturated heterocycles. The molecule has 13 nitrogen and oxygen atoms in total. The molecular formula is C111H61Cl4N13S6. The first kappa shape index (κ1) is 81.4. The van der Waals surface area contributed by atoms with Crippen LogP contribution in [0, 0.1) is 0 Å². The van der Waals surface area contributed by atoms with Crippen molar-refractivity contribution in [1.82, 2.24) is 64.0 Å². The Morgan fingerprint density at radius 1 is 0.201 bits per heavy atom. The normalized spacial score (nSPS) is 11.7. The molecule has 28 rings (SSSR count). The number of aromatic nitrogens is 13. The smallest absolute Gasteiger partial charge is 0.224 e. The van der Waals surface area contributed by atoms with Crippen LogP contribution in [-0.2, 0) is 0 Å². The number of thiazole rings is 1. The van der Waals surface area contributed by atoms with E-state index >= 15 is 0 Å². The van der Waals surface area contributed by atoms with E-state index in [0.29, 0.717) is 5.82 Å². The standard InChI is InChI=1S/C32H17ClN4S2.2C28H16ClN3S.C23H12ClN3S2/c33-32-36-26(25-21-13-4-6-15-23(21)39-31(25)37-32)19-11-8-12-20(17-19)27-29-28(22-14-5-7-16-24(22)38-29)35-30(34-27)18-9-2-1-3-10-18;29-28-30-26(25-21-12-3-6-15-24(21)33-27(25)31-28)17-8-7-9-18(16-17)32-22-13-4-1-10-19(22)20-11-2-5-14-23(20)32;29-28-30-26(25-21-9-3-6-12-24(21)33-27(25)31-28)17-13-15-18(16-14-17)32-22-10-4-1-7-19(22)20-8-2-5-11-23(20)32;24-23-26-20(19-15-8-1-3-10-17(15)28-22(19)27-23)13-6-5-7-14(12-13)21-25-16-9-2-4-11-18(16)29-21/h1-17H;2*1-16H;1-12H. The van der Waals surface area contributed by atoms with Gasteiger partial charge >= 0.3 is 0 Å². The predicted octanol–water partition coefficient (Wildman–Crippen LogP) is 33.6. The van der Waals surface area contributed by atoms with Gasteiger partial charge in [-0.25, -0.2) is 54.8 Å². The van der Waals surface area contributed by atoms with E-state index in [1.54, 1.807) is 68.0 Å². The minimum absolute atomic E-state index is 0.245. The lowest BCUT2D eigenvalue weighted by Gasteiger charge is -2.11. The minimum atomic E-state index is 0.245. The van der Waals surface area contributed by atoms with Gasteiger partial charge in [0.05, 0.1) is 71.0 Å². The highest BCUT2D eigenvalue weighted by atomic mass is 35.5. The molecule has 13 heterocycles. The number of benzene rings is 15. The fourth-order valence-electron chi connectivity index (χ4n) is 18.3. The zero-order valence-electron chi connectivity index (χ0n) is 70.0. The van der Waals surface area contributed by atoms with E-state index in [4.69, 9.17) is 71.3 Å². The number of halogens is 4. The lowest BCUT2D eigenvalue weighted by Crippen LogP contribution is -1.95. The highest BCUT2D eigenvalue weighted by Crippen LogP contribution is 2.48. The maximum Gasteiger partial charge on any atom is 0.224 e. The number of para-hydroxylation sites is 5. The summed E-state index contributed by atoms with van der Waals surface area (Å²) in [5.74, 6) is 0.711. The molecule has 0 amide bonds. The van der Waals surface area contributed by atoms with Crippen LogP contribution in [0.1, 0.15) is 0 Å². The van der Waals surface area contributed by atoms with E-state index < -0.39 is 0 Å². The van der Waals surface area contributed by atoms with Crippen LogP contribution in [0.4, 0.5) is 0 Å². The van der Waals surface area contributed by atoms with Gasteiger partial charge in [-0.1, -0.05) is 267 Å². The quantitative estimate of drug-likeness (QED) is 0.127. The maximum absolute atomic E-state index is 6.44. The molecule has 28 aromatic rings. The second kappa shape index (κ2) is 33.9. The van der Waals surface area contributed by atoms with Gasteiger partial charge in [-0.3, -0.25) is 0 Å². The first-order chi connectivity index (χ1) is 66.0. The van der Waals surface area contributed by atoms with Gasteiger partial charge in [0, 0.05) is 144 Å². The van der Waals surface area contributed by atoms with E-state index in [2.05, 4.69) is 336 Å². The molecule has 0 atom stereocenters. The largest absolute Gasteiger partial charge is 0.309 e. The Bertz CT molecular complexity index is 9460. The van der Waals surface area contributed by atoms with Gasteiger partial charge in [0.15, 0.2) is 5.82 Å². The molecular weight excluding hydrogens is 1850 g/mol. The van der Waals surface area contributed by atoms with Crippen molar-refractivity contribution in [3.63, 3.8) is 0 Å². The second-order valence-electron chi connectivity index (χ2n) is 32.0. The van der Waals surface area contributed by atoms with E-state index in [1.807, 2.05) is 72.8 Å². The fourth-order valence-corrected chi connectivity index (χ4v) is 25.6. The van der Waals surface area contributed by atoms with Crippen LogP contribution in [0.5, 0.6) is 0 Å². The van der Waals surface area contributed by atoms with Crippen molar-refractivity contribution in [2.75, 3.05) is 0 Å². The molecule has 0 N–H and O–H groups in total. The molecule has 15 aromatic carbocycles. The van der Waals surface area contributed by atoms with Crippen molar-refractivity contribution in [2.24, 2.45) is 0 Å². The lowest BCUT2D eigenvalue weighted by atomic mass is 10.0. The first-order valence-electron chi connectivity index (χ1n) is 42.9. The Kier molecular flexibility index (Phi) is 20.6. The van der Waals surface area contributed by atoms with Crippen molar-refractivity contribution >= 4 is 270 Å². The molecule has 0 fully saturated rings. The van der Waals surface area contributed by atoms with Crippen LogP contribution >= 0.6 is 114 Å². The molecule has 134 heavy (non-hydrogen) atoms. The summed E-state index contributed by atoms with van der Waals surface area (Å²) in [6, 6.07) is 128. The van der Waals surface area contributed by atoms with Crippen molar-refractivity contribution in [3.8, 4) is 89.6 Å². The number of fused-ring (bicyclic) bond motifs is 22. The highest BCUT2D eigenvalue weighted by Gasteiger charge is 2.25. The summed E-state index contributed by atoms with van der Waals surface area (Å²) >= 11 is 35.4. The molecule has 0 aliphatic rings. The predicted molar refractivity (Wildman–Crippen MR) is 568 cm³/mol. The third kappa shape index (κ3) is 14.5. The van der Waals surface area contributed by atoms with Crippen LogP contribution in [0.3, 0.4) is 0 Å². The third-order valence-electron chi connectivity index (χ3n) is 24.1. The van der Waals surface area contributed by atoms with Crippen molar-refractivity contribution in [2.45, 2.75) is 0 Å². The van der Waals surface area contributed by atoms with Crippen molar-refractivity contribution in [1.29, 1.82) is 0 Å². The van der Waals surface area contributed by atoms with Crippen molar-refractivity contribution < 1.29 is 0 Å². The average Bonchev–Trinajstić information content (AvgIpc) is 1.58. The second-order valence-corrected chi connectivity index (χ2v) is 39.6. The number of nitrogens with zero attached hydrogens (tertiary/aromatic N) is 13. The Morgan fingerprint density at radius 2 is 0.530 bits per heavy atom.